The lowest BCUT2D eigenvalue weighted by Gasteiger charge is -2.47. The molecule has 0 aromatic heterocycles. The standard InChI is InChI=1S/C38H39F6NO2/c1-24(2)20-34(35(46)47)30-22-28(26-4-6-32(7-5-26)37(39,40)41)21-29(23-30)27-14-18-45(19-15-27)36(16-12-25(3)13-17-36)31-8-10-33(11-9-31)38(42,43)44/h4-13,16,21-24,27,34H,14-15,17-20H2,1-3H3,(H,46,47). The zero-order valence-electron chi connectivity index (χ0n) is 26.6. The monoisotopic (exact) mass is 655 g/mol. The van der Waals surface area contributed by atoms with Gasteiger partial charge in [-0.3, -0.25) is 9.69 Å². The normalized spacial score (nSPS) is 20.3. The Hall–Kier alpha value is -3.85. The second-order valence-corrected chi connectivity index (χ2v) is 13.2. The molecular formula is C38H39F6NO2. The fraction of sp³-hybridized carbons (Fsp3) is 0.395. The summed E-state index contributed by atoms with van der Waals surface area (Å²) in [6.07, 6.45) is -0.229. The van der Waals surface area contributed by atoms with Crippen LogP contribution in [0.5, 0.6) is 0 Å². The summed E-state index contributed by atoms with van der Waals surface area (Å²) in [5, 5.41) is 10.2. The molecule has 1 aliphatic carbocycles. The number of carboxylic acid groups (broad SMARTS) is 1. The Bertz CT molecular complexity index is 1630. The molecule has 2 aliphatic rings. The van der Waals surface area contributed by atoms with Crippen LogP contribution in [0.3, 0.4) is 0 Å². The van der Waals surface area contributed by atoms with Crippen LogP contribution in [0.2, 0.25) is 0 Å². The first-order valence-corrected chi connectivity index (χ1v) is 15.9. The number of hydrogen-bond donors (Lipinski definition) is 1. The second-order valence-electron chi connectivity index (χ2n) is 13.2. The average molecular weight is 656 g/mol. The lowest BCUT2D eigenvalue weighted by Crippen LogP contribution is -2.49. The minimum Gasteiger partial charge on any atom is -0.481 e. The summed E-state index contributed by atoms with van der Waals surface area (Å²) in [6.45, 7) is 7.20. The highest BCUT2D eigenvalue weighted by molar-refractivity contribution is 5.78. The van der Waals surface area contributed by atoms with E-state index in [4.69, 9.17) is 0 Å². The Kier molecular flexibility index (Phi) is 9.79. The molecule has 250 valence electrons. The molecular weight excluding hydrogens is 616 g/mol. The Balaban J connectivity index is 1.46. The zero-order valence-corrected chi connectivity index (χ0v) is 26.6. The molecule has 1 saturated heterocycles. The number of carbonyl (C=O) groups is 1. The van der Waals surface area contributed by atoms with Crippen molar-refractivity contribution in [3.05, 3.63) is 118 Å². The van der Waals surface area contributed by atoms with Crippen LogP contribution in [0.1, 0.15) is 86.1 Å². The maximum absolute atomic E-state index is 13.3. The Morgan fingerprint density at radius 2 is 1.45 bits per heavy atom. The molecule has 1 heterocycles. The topological polar surface area (TPSA) is 40.5 Å². The van der Waals surface area contributed by atoms with Crippen LogP contribution < -0.4 is 0 Å². The first-order valence-electron chi connectivity index (χ1n) is 15.9. The van der Waals surface area contributed by atoms with Crippen LogP contribution in [-0.2, 0) is 22.7 Å². The highest BCUT2D eigenvalue weighted by Gasteiger charge is 2.40. The fourth-order valence-electron chi connectivity index (χ4n) is 6.90. The van der Waals surface area contributed by atoms with E-state index in [0.717, 1.165) is 53.8 Å². The van der Waals surface area contributed by atoms with E-state index >= 15 is 0 Å². The van der Waals surface area contributed by atoms with Crippen molar-refractivity contribution in [2.45, 2.75) is 76.2 Å². The summed E-state index contributed by atoms with van der Waals surface area (Å²) in [7, 11) is 0. The van der Waals surface area contributed by atoms with Gasteiger partial charge in [-0.05, 0) is 110 Å². The molecule has 0 radical (unpaired) electrons. The highest BCUT2D eigenvalue weighted by atomic mass is 19.4. The number of likely N-dealkylation sites (tertiary alicyclic amines) is 1. The van der Waals surface area contributed by atoms with Crippen LogP contribution in [0.4, 0.5) is 26.3 Å². The molecule has 0 saturated carbocycles. The summed E-state index contributed by atoms with van der Waals surface area (Å²) in [5.41, 5.74) is 2.62. The Labute approximate surface area is 271 Å². The Morgan fingerprint density at radius 1 is 0.872 bits per heavy atom. The van der Waals surface area contributed by atoms with Gasteiger partial charge in [-0.15, -0.1) is 0 Å². The zero-order chi connectivity index (χ0) is 34.1. The molecule has 3 aromatic carbocycles. The third kappa shape index (κ3) is 7.67. The van der Waals surface area contributed by atoms with Gasteiger partial charge in [0.1, 0.15) is 0 Å². The number of carboxylic acids is 1. The summed E-state index contributed by atoms with van der Waals surface area (Å²) >= 11 is 0. The van der Waals surface area contributed by atoms with Crippen molar-refractivity contribution in [1.29, 1.82) is 0 Å². The molecule has 1 fully saturated rings. The van der Waals surface area contributed by atoms with E-state index in [1.54, 1.807) is 18.2 Å². The largest absolute Gasteiger partial charge is 0.481 e. The third-order valence-corrected chi connectivity index (χ3v) is 9.53. The molecule has 0 spiro atoms. The van der Waals surface area contributed by atoms with Gasteiger partial charge >= 0.3 is 18.3 Å². The predicted octanol–water partition coefficient (Wildman–Crippen LogP) is 10.6. The number of piperidine rings is 1. The van der Waals surface area contributed by atoms with Crippen molar-refractivity contribution >= 4 is 5.97 Å². The minimum absolute atomic E-state index is 0.0578. The van der Waals surface area contributed by atoms with Crippen LogP contribution in [0.25, 0.3) is 11.1 Å². The lowest BCUT2D eigenvalue weighted by atomic mass is 9.77. The van der Waals surface area contributed by atoms with Gasteiger partial charge in [0.15, 0.2) is 0 Å². The van der Waals surface area contributed by atoms with E-state index in [2.05, 4.69) is 17.1 Å². The number of allylic oxidation sites excluding steroid dienone is 2. The van der Waals surface area contributed by atoms with Gasteiger partial charge < -0.3 is 5.11 Å². The smallest absolute Gasteiger partial charge is 0.416 e. The first-order chi connectivity index (χ1) is 22.1. The van der Waals surface area contributed by atoms with Gasteiger partial charge in [-0.25, -0.2) is 0 Å². The van der Waals surface area contributed by atoms with Crippen molar-refractivity contribution in [2.24, 2.45) is 5.92 Å². The van der Waals surface area contributed by atoms with Crippen LogP contribution in [0.15, 0.2) is 90.5 Å². The number of halogens is 6. The van der Waals surface area contributed by atoms with Gasteiger partial charge in [0.05, 0.1) is 22.6 Å². The predicted molar refractivity (Wildman–Crippen MR) is 171 cm³/mol. The van der Waals surface area contributed by atoms with E-state index in [1.807, 2.05) is 39.0 Å². The Morgan fingerprint density at radius 3 is 1.94 bits per heavy atom. The molecule has 0 amide bonds. The fourth-order valence-corrected chi connectivity index (χ4v) is 6.90. The van der Waals surface area contributed by atoms with E-state index in [9.17, 15) is 36.2 Å². The maximum atomic E-state index is 13.3. The maximum Gasteiger partial charge on any atom is 0.416 e. The number of nitrogens with zero attached hydrogens (tertiary/aromatic N) is 1. The van der Waals surface area contributed by atoms with Crippen molar-refractivity contribution < 1.29 is 36.2 Å². The van der Waals surface area contributed by atoms with Crippen LogP contribution in [-0.4, -0.2) is 29.1 Å². The third-order valence-electron chi connectivity index (χ3n) is 9.53. The molecule has 0 bridgehead atoms. The van der Waals surface area contributed by atoms with Gasteiger partial charge in [-0.1, -0.05) is 80.1 Å². The summed E-state index contributed by atoms with van der Waals surface area (Å²) in [5.74, 6) is -1.55. The molecule has 2 atom stereocenters. The molecule has 3 aromatic rings. The quantitative estimate of drug-likeness (QED) is 0.246. The number of hydrogen-bond acceptors (Lipinski definition) is 2. The van der Waals surface area contributed by atoms with Gasteiger partial charge in [0.2, 0.25) is 0 Å². The first kappa shape index (κ1) is 34.5. The molecule has 1 N–H and O–H groups in total. The summed E-state index contributed by atoms with van der Waals surface area (Å²) < 4.78 is 79.8. The molecule has 2 unspecified atom stereocenters. The van der Waals surface area contributed by atoms with E-state index in [0.29, 0.717) is 42.6 Å². The molecule has 5 rings (SSSR count). The van der Waals surface area contributed by atoms with Crippen molar-refractivity contribution in [2.75, 3.05) is 13.1 Å². The molecule has 3 nitrogen and oxygen atoms in total. The molecule has 1 aliphatic heterocycles. The summed E-state index contributed by atoms with van der Waals surface area (Å²) in [4.78, 5) is 14.7. The van der Waals surface area contributed by atoms with E-state index in [-0.39, 0.29) is 11.8 Å². The number of benzene rings is 3. The van der Waals surface area contributed by atoms with Crippen molar-refractivity contribution in [3.63, 3.8) is 0 Å². The van der Waals surface area contributed by atoms with Gasteiger partial charge in [-0.2, -0.15) is 26.3 Å². The molecule has 9 heteroatoms. The average Bonchev–Trinajstić information content (AvgIpc) is 3.03. The number of alkyl halides is 6. The van der Waals surface area contributed by atoms with E-state index in [1.165, 1.54) is 12.1 Å². The summed E-state index contributed by atoms with van der Waals surface area (Å²) in [6, 6.07) is 16.0. The SMILES string of the molecule is CC1=CCC(c2ccc(C(F)(F)F)cc2)(N2CCC(c3cc(-c4ccc(C(F)(F)F)cc4)cc(C(CC(C)C)C(=O)O)c3)CC2)C=C1. The number of aliphatic carboxylic acids is 1. The van der Waals surface area contributed by atoms with Crippen molar-refractivity contribution in [3.8, 4) is 11.1 Å². The van der Waals surface area contributed by atoms with E-state index < -0.39 is 40.9 Å². The van der Waals surface area contributed by atoms with Crippen LogP contribution in [0, 0.1) is 5.92 Å². The highest BCUT2D eigenvalue weighted by Crippen LogP contribution is 2.43. The lowest BCUT2D eigenvalue weighted by molar-refractivity contribution is -0.139. The van der Waals surface area contributed by atoms with Gasteiger partial charge in [0.25, 0.3) is 0 Å². The van der Waals surface area contributed by atoms with Crippen LogP contribution >= 0.6 is 0 Å². The minimum atomic E-state index is -4.47. The van der Waals surface area contributed by atoms with Gasteiger partial charge in [0, 0.05) is 0 Å². The molecule has 47 heavy (non-hydrogen) atoms. The number of rotatable bonds is 8. The van der Waals surface area contributed by atoms with Crippen molar-refractivity contribution in [1.82, 2.24) is 4.90 Å². The second kappa shape index (κ2) is 13.3.